The lowest BCUT2D eigenvalue weighted by molar-refractivity contribution is 0.0783. The van der Waals surface area contributed by atoms with Crippen molar-refractivity contribution < 1.29 is 4.79 Å². The van der Waals surface area contributed by atoms with Crippen molar-refractivity contribution in [2.24, 2.45) is 0 Å². The Bertz CT molecular complexity index is 370. The van der Waals surface area contributed by atoms with Crippen LogP contribution >= 0.6 is 24.0 Å². The number of hydrogen-bond acceptors (Lipinski definition) is 3. The second kappa shape index (κ2) is 5.37. The smallest absolute Gasteiger partial charge is 0.264 e. The van der Waals surface area contributed by atoms with Crippen LogP contribution < -0.4 is 0 Å². The summed E-state index contributed by atoms with van der Waals surface area (Å²) in [5, 5.41) is 1.87. The molecule has 0 radical (unpaired) electrons. The molecule has 2 nitrogen and oxygen atoms in total. The van der Waals surface area contributed by atoms with E-state index in [4.69, 9.17) is 0 Å². The van der Waals surface area contributed by atoms with Crippen molar-refractivity contribution in [3.05, 3.63) is 28.5 Å². The molecule has 0 unspecified atom stereocenters. The Balaban J connectivity index is 2.77. The predicted molar refractivity (Wildman–Crippen MR) is 68.0 cm³/mol. The summed E-state index contributed by atoms with van der Waals surface area (Å²) in [5.41, 5.74) is 0.993. The highest BCUT2D eigenvalue weighted by atomic mass is 32.1. The Kier molecular flexibility index (Phi) is 4.42. The van der Waals surface area contributed by atoms with Crippen molar-refractivity contribution in [1.29, 1.82) is 0 Å². The maximum atomic E-state index is 12.0. The van der Waals surface area contributed by atoms with Crippen molar-refractivity contribution in [3.63, 3.8) is 0 Å². The minimum Gasteiger partial charge on any atom is -0.334 e. The second-order valence-electron chi connectivity index (χ2n) is 3.45. The van der Waals surface area contributed by atoms with Gasteiger partial charge in [-0.15, -0.1) is 24.0 Å². The summed E-state index contributed by atoms with van der Waals surface area (Å²) in [7, 11) is 0. The fourth-order valence-corrected chi connectivity index (χ4v) is 2.36. The minimum atomic E-state index is 0.0609. The van der Waals surface area contributed by atoms with Gasteiger partial charge in [0.15, 0.2) is 0 Å². The molecule has 1 aromatic rings. The Morgan fingerprint density at radius 1 is 1.67 bits per heavy atom. The Morgan fingerprint density at radius 3 is 2.73 bits per heavy atom. The number of likely N-dealkylation sites (N-methyl/N-ethyl adjacent to an activating group) is 1. The van der Waals surface area contributed by atoms with Gasteiger partial charge in [0.1, 0.15) is 0 Å². The van der Waals surface area contributed by atoms with Gasteiger partial charge < -0.3 is 4.90 Å². The van der Waals surface area contributed by atoms with Crippen LogP contribution in [0.1, 0.15) is 23.5 Å². The summed E-state index contributed by atoms with van der Waals surface area (Å²) >= 11 is 5.62. The quantitative estimate of drug-likeness (QED) is 0.634. The van der Waals surface area contributed by atoms with Crippen LogP contribution in [0.4, 0.5) is 0 Å². The molecule has 1 rings (SSSR count). The monoisotopic (exact) mass is 241 g/mol. The van der Waals surface area contributed by atoms with Crippen LogP contribution in [0.2, 0.25) is 0 Å². The van der Waals surface area contributed by atoms with E-state index in [1.165, 1.54) is 11.3 Å². The van der Waals surface area contributed by atoms with Crippen molar-refractivity contribution in [2.75, 3.05) is 13.1 Å². The van der Waals surface area contributed by atoms with E-state index in [9.17, 15) is 4.79 Å². The van der Waals surface area contributed by atoms with Crippen molar-refractivity contribution >= 4 is 29.9 Å². The molecule has 1 amide bonds. The number of carbonyl (C=O) groups is 1. The van der Waals surface area contributed by atoms with Gasteiger partial charge in [0.2, 0.25) is 0 Å². The fourth-order valence-electron chi connectivity index (χ4n) is 1.25. The molecule has 4 heteroatoms. The first kappa shape index (κ1) is 12.3. The van der Waals surface area contributed by atoms with E-state index >= 15 is 0 Å². The molecule has 0 aromatic carbocycles. The number of nitrogens with zero attached hydrogens (tertiary/aromatic N) is 1. The third kappa shape index (κ3) is 3.39. The first-order valence-corrected chi connectivity index (χ1v) is 6.08. The number of carbonyl (C=O) groups excluding carboxylic acids is 1. The molecule has 0 atom stereocenters. The zero-order valence-corrected chi connectivity index (χ0v) is 10.7. The molecule has 0 bridgehead atoms. The number of rotatable bonds is 4. The molecule has 0 fully saturated rings. The van der Waals surface area contributed by atoms with E-state index in [2.05, 4.69) is 19.2 Å². The SMILES string of the molecule is C=C(C)CN(CC)C(=O)c1cc(S)cs1. The fraction of sp³-hybridized carbons (Fsp3) is 0.364. The average molecular weight is 241 g/mol. The number of thiophene rings is 1. The summed E-state index contributed by atoms with van der Waals surface area (Å²) in [5.74, 6) is 0.0609. The van der Waals surface area contributed by atoms with E-state index in [-0.39, 0.29) is 5.91 Å². The zero-order chi connectivity index (χ0) is 11.4. The van der Waals surface area contributed by atoms with Gasteiger partial charge in [-0.05, 0) is 19.9 Å². The Labute approximate surface area is 100 Å². The maximum absolute atomic E-state index is 12.0. The highest BCUT2D eigenvalue weighted by Gasteiger charge is 2.15. The van der Waals surface area contributed by atoms with Gasteiger partial charge in [-0.25, -0.2) is 0 Å². The van der Waals surface area contributed by atoms with E-state index < -0.39 is 0 Å². The van der Waals surface area contributed by atoms with Crippen molar-refractivity contribution in [3.8, 4) is 0 Å². The largest absolute Gasteiger partial charge is 0.334 e. The maximum Gasteiger partial charge on any atom is 0.264 e. The van der Waals surface area contributed by atoms with Crippen molar-refractivity contribution in [1.82, 2.24) is 4.90 Å². The van der Waals surface area contributed by atoms with E-state index in [1.54, 1.807) is 11.0 Å². The van der Waals surface area contributed by atoms with Gasteiger partial charge >= 0.3 is 0 Å². The predicted octanol–water partition coefficient (Wildman–Crippen LogP) is 3.08. The zero-order valence-electron chi connectivity index (χ0n) is 8.99. The third-order valence-corrected chi connectivity index (χ3v) is 3.28. The molecule has 0 aliphatic carbocycles. The molecular formula is C11H15NOS2. The first-order chi connectivity index (χ1) is 7.04. The second-order valence-corrected chi connectivity index (χ2v) is 4.87. The molecule has 0 aliphatic heterocycles. The van der Waals surface area contributed by atoms with Crippen molar-refractivity contribution in [2.45, 2.75) is 18.7 Å². The Morgan fingerprint density at radius 2 is 2.33 bits per heavy atom. The standard InChI is InChI=1S/C11H15NOS2/c1-4-12(6-8(2)3)11(13)10-5-9(14)7-15-10/h5,7,14H,2,4,6H2,1,3H3. The molecule has 0 aliphatic rings. The highest BCUT2D eigenvalue weighted by molar-refractivity contribution is 7.80. The van der Waals surface area contributed by atoms with Crippen LogP contribution in [0.3, 0.4) is 0 Å². The lowest BCUT2D eigenvalue weighted by atomic mass is 10.3. The van der Waals surface area contributed by atoms with Gasteiger partial charge in [-0.2, -0.15) is 0 Å². The van der Waals surface area contributed by atoms with Gasteiger partial charge in [0.25, 0.3) is 5.91 Å². The molecular weight excluding hydrogens is 226 g/mol. The molecule has 0 saturated carbocycles. The number of thiol groups is 1. The van der Waals surface area contributed by atoms with E-state index in [1.807, 2.05) is 19.2 Å². The van der Waals surface area contributed by atoms with Gasteiger partial charge in [-0.3, -0.25) is 4.79 Å². The first-order valence-electron chi connectivity index (χ1n) is 4.75. The Hall–Kier alpha value is -0.740. The normalized spacial score (nSPS) is 10.1. The third-order valence-electron chi connectivity index (χ3n) is 1.93. The molecule has 15 heavy (non-hydrogen) atoms. The summed E-state index contributed by atoms with van der Waals surface area (Å²) < 4.78 is 0. The van der Waals surface area contributed by atoms with Gasteiger partial charge in [-0.1, -0.05) is 12.2 Å². The van der Waals surface area contributed by atoms with Crippen LogP contribution in [-0.2, 0) is 0 Å². The van der Waals surface area contributed by atoms with Gasteiger partial charge in [0, 0.05) is 23.4 Å². The lowest BCUT2D eigenvalue weighted by Crippen LogP contribution is -2.31. The van der Waals surface area contributed by atoms with Crippen LogP contribution in [0, 0.1) is 0 Å². The van der Waals surface area contributed by atoms with E-state index in [0.717, 1.165) is 15.3 Å². The molecule has 0 spiro atoms. The lowest BCUT2D eigenvalue weighted by Gasteiger charge is -2.19. The molecule has 0 N–H and O–H groups in total. The molecule has 1 aromatic heterocycles. The van der Waals surface area contributed by atoms with Crippen LogP contribution in [0.5, 0.6) is 0 Å². The van der Waals surface area contributed by atoms with E-state index in [0.29, 0.717) is 13.1 Å². The van der Waals surface area contributed by atoms with Gasteiger partial charge in [0.05, 0.1) is 4.88 Å². The molecule has 0 saturated heterocycles. The summed E-state index contributed by atoms with van der Waals surface area (Å²) in [4.78, 5) is 15.3. The minimum absolute atomic E-state index is 0.0609. The number of hydrogen-bond donors (Lipinski definition) is 1. The van der Waals surface area contributed by atoms with Crippen LogP contribution in [-0.4, -0.2) is 23.9 Å². The molecule has 82 valence electrons. The summed E-state index contributed by atoms with van der Waals surface area (Å²) in [6, 6.07) is 1.80. The highest BCUT2D eigenvalue weighted by Crippen LogP contribution is 2.19. The van der Waals surface area contributed by atoms with Crippen LogP contribution in [0.25, 0.3) is 0 Å². The molecule has 1 heterocycles. The number of amides is 1. The van der Waals surface area contributed by atoms with Crippen LogP contribution in [0.15, 0.2) is 28.5 Å². The summed E-state index contributed by atoms with van der Waals surface area (Å²) in [6.45, 7) is 9.03. The topological polar surface area (TPSA) is 20.3 Å². The average Bonchev–Trinajstić information content (AvgIpc) is 2.60. The summed E-state index contributed by atoms with van der Waals surface area (Å²) in [6.07, 6.45) is 0.